The summed E-state index contributed by atoms with van der Waals surface area (Å²) in [6, 6.07) is 9.54. The summed E-state index contributed by atoms with van der Waals surface area (Å²) < 4.78 is 39.4. The zero-order valence-corrected chi connectivity index (χ0v) is 18.1. The molecule has 1 aliphatic rings. The summed E-state index contributed by atoms with van der Waals surface area (Å²) in [5.74, 6) is -1.73. The smallest absolute Gasteiger partial charge is 0.416 e. The number of nitriles is 1. The van der Waals surface area contributed by atoms with Crippen LogP contribution in [-0.4, -0.2) is 32.8 Å². The number of allylic oxidation sites excluding steroid dienone is 1. The number of hydrogen-bond acceptors (Lipinski definition) is 6. The Labute approximate surface area is 194 Å². The standard InChI is InChI=1S/C22H13ClF3N3O3S/c23-13-4-1-11(2-5-13)21(32)29-16(6-8-18(29)30)19(31)14(10-27)20-28-15-9-12(22(24,25)26)3-7-17(15)33-20/h1-5,7,9,16,31H,6,8H2. The highest BCUT2D eigenvalue weighted by molar-refractivity contribution is 7.19. The van der Waals surface area contributed by atoms with E-state index in [9.17, 15) is 33.1 Å². The second-order valence-electron chi connectivity index (χ2n) is 7.20. The number of alkyl halides is 3. The fourth-order valence-corrected chi connectivity index (χ4v) is 4.60. The van der Waals surface area contributed by atoms with Crippen LogP contribution < -0.4 is 0 Å². The number of carbonyl (C=O) groups excluding carboxylic acids is 2. The lowest BCUT2D eigenvalue weighted by atomic mass is 10.1. The Morgan fingerprint density at radius 1 is 1.24 bits per heavy atom. The Balaban J connectivity index is 1.73. The maximum absolute atomic E-state index is 13.0. The molecule has 0 saturated carbocycles. The average Bonchev–Trinajstić information content (AvgIpc) is 3.36. The van der Waals surface area contributed by atoms with Gasteiger partial charge in [-0.1, -0.05) is 11.6 Å². The summed E-state index contributed by atoms with van der Waals surface area (Å²) in [6.07, 6.45) is -4.50. The number of aliphatic hydroxyl groups excluding tert-OH is 1. The van der Waals surface area contributed by atoms with Gasteiger partial charge in [-0.3, -0.25) is 14.5 Å². The van der Waals surface area contributed by atoms with E-state index in [0.29, 0.717) is 9.72 Å². The van der Waals surface area contributed by atoms with Crippen molar-refractivity contribution in [2.75, 3.05) is 0 Å². The molecule has 0 aliphatic carbocycles. The van der Waals surface area contributed by atoms with E-state index < -0.39 is 35.4 Å². The number of thiazole rings is 1. The number of carbonyl (C=O) groups is 2. The number of fused-ring (bicyclic) bond motifs is 1. The molecule has 1 unspecified atom stereocenters. The lowest BCUT2D eigenvalue weighted by Crippen LogP contribution is -2.40. The third-order valence-corrected chi connectivity index (χ3v) is 6.44. The summed E-state index contributed by atoms with van der Waals surface area (Å²) in [5, 5.41) is 20.9. The molecule has 1 saturated heterocycles. The van der Waals surface area contributed by atoms with Crippen molar-refractivity contribution < 1.29 is 27.9 Å². The normalized spacial score (nSPS) is 17.2. The van der Waals surface area contributed by atoms with Gasteiger partial charge in [0.15, 0.2) is 0 Å². The highest BCUT2D eigenvalue weighted by atomic mass is 35.5. The van der Waals surface area contributed by atoms with Crippen LogP contribution in [0.3, 0.4) is 0 Å². The highest BCUT2D eigenvalue weighted by Crippen LogP contribution is 2.36. The van der Waals surface area contributed by atoms with Gasteiger partial charge in [0.1, 0.15) is 22.4 Å². The zero-order valence-electron chi connectivity index (χ0n) is 16.6. The third-order valence-electron chi connectivity index (χ3n) is 5.13. The first-order valence-electron chi connectivity index (χ1n) is 9.53. The van der Waals surface area contributed by atoms with Gasteiger partial charge in [0.25, 0.3) is 5.91 Å². The van der Waals surface area contributed by atoms with Gasteiger partial charge in [-0.25, -0.2) is 4.98 Å². The number of aliphatic hydroxyl groups is 1. The maximum atomic E-state index is 13.0. The van der Waals surface area contributed by atoms with Crippen molar-refractivity contribution in [2.45, 2.75) is 25.1 Å². The minimum Gasteiger partial charge on any atom is -0.509 e. The van der Waals surface area contributed by atoms with Crippen LogP contribution in [0.1, 0.15) is 33.8 Å². The van der Waals surface area contributed by atoms with E-state index in [1.54, 1.807) is 0 Å². The van der Waals surface area contributed by atoms with E-state index in [2.05, 4.69) is 4.98 Å². The molecular formula is C22H13ClF3N3O3S. The molecule has 2 heterocycles. The van der Waals surface area contributed by atoms with Crippen LogP contribution in [0.4, 0.5) is 13.2 Å². The minimum absolute atomic E-state index is 0.0115. The first-order valence-corrected chi connectivity index (χ1v) is 10.7. The van der Waals surface area contributed by atoms with Crippen LogP contribution in [0.15, 0.2) is 48.2 Å². The highest BCUT2D eigenvalue weighted by Gasteiger charge is 2.40. The third kappa shape index (κ3) is 4.29. The largest absolute Gasteiger partial charge is 0.509 e. The van der Waals surface area contributed by atoms with Crippen molar-refractivity contribution in [2.24, 2.45) is 0 Å². The van der Waals surface area contributed by atoms with Crippen LogP contribution in [0.5, 0.6) is 0 Å². The zero-order chi connectivity index (χ0) is 23.9. The summed E-state index contributed by atoms with van der Waals surface area (Å²) in [4.78, 5) is 30.3. The van der Waals surface area contributed by atoms with Gasteiger partial charge in [0, 0.05) is 17.0 Å². The van der Waals surface area contributed by atoms with E-state index in [1.807, 2.05) is 6.07 Å². The molecule has 0 spiro atoms. The van der Waals surface area contributed by atoms with Crippen molar-refractivity contribution in [3.05, 3.63) is 69.4 Å². The molecule has 2 aromatic carbocycles. The monoisotopic (exact) mass is 491 g/mol. The Morgan fingerprint density at radius 2 is 1.94 bits per heavy atom. The molecule has 168 valence electrons. The van der Waals surface area contributed by atoms with Gasteiger partial charge in [0.05, 0.1) is 21.8 Å². The molecule has 33 heavy (non-hydrogen) atoms. The Hall–Kier alpha value is -3.42. The van der Waals surface area contributed by atoms with Crippen LogP contribution >= 0.6 is 22.9 Å². The molecule has 1 aromatic heterocycles. The van der Waals surface area contributed by atoms with E-state index in [4.69, 9.17) is 11.6 Å². The fourth-order valence-electron chi connectivity index (χ4n) is 3.52. The Bertz CT molecular complexity index is 1340. The van der Waals surface area contributed by atoms with Gasteiger partial charge in [-0.2, -0.15) is 18.4 Å². The van der Waals surface area contributed by atoms with E-state index >= 15 is 0 Å². The number of benzene rings is 2. The number of nitrogens with zero attached hydrogens (tertiary/aromatic N) is 3. The number of halogens is 4. The Kier molecular flexibility index (Phi) is 5.86. The van der Waals surface area contributed by atoms with Gasteiger partial charge in [-0.05, 0) is 48.9 Å². The average molecular weight is 492 g/mol. The second-order valence-corrected chi connectivity index (χ2v) is 8.67. The molecule has 4 rings (SSSR count). The lowest BCUT2D eigenvalue weighted by Gasteiger charge is -2.23. The van der Waals surface area contributed by atoms with Crippen molar-refractivity contribution >= 4 is 50.5 Å². The number of likely N-dealkylation sites (tertiary alicyclic amines) is 1. The molecule has 1 N–H and O–H groups in total. The van der Waals surface area contributed by atoms with Gasteiger partial charge >= 0.3 is 6.18 Å². The molecule has 1 aliphatic heterocycles. The molecule has 11 heteroatoms. The number of hydrogen-bond donors (Lipinski definition) is 1. The summed E-state index contributed by atoms with van der Waals surface area (Å²) in [7, 11) is 0. The van der Waals surface area contributed by atoms with Crippen LogP contribution in [-0.2, 0) is 11.0 Å². The second kappa shape index (κ2) is 8.50. The summed E-state index contributed by atoms with van der Waals surface area (Å²) in [6.45, 7) is 0. The predicted molar refractivity (Wildman–Crippen MR) is 115 cm³/mol. The SMILES string of the molecule is N#CC(=C(O)C1CCC(=O)N1C(=O)c1ccc(Cl)cc1)c1nc2cc(C(F)(F)F)ccc2s1. The van der Waals surface area contributed by atoms with Gasteiger partial charge in [0.2, 0.25) is 5.91 Å². The molecule has 0 radical (unpaired) electrons. The van der Waals surface area contributed by atoms with Crippen molar-refractivity contribution in [3.8, 4) is 6.07 Å². The molecule has 2 amide bonds. The van der Waals surface area contributed by atoms with Crippen molar-refractivity contribution in [1.82, 2.24) is 9.88 Å². The van der Waals surface area contributed by atoms with Crippen molar-refractivity contribution in [3.63, 3.8) is 0 Å². The molecular weight excluding hydrogens is 479 g/mol. The first kappa shape index (κ1) is 22.8. The van der Waals surface area contributed by atoms with Gasteiger partial charge in [-0.15, -0.1) is 11.3 Å². The van der Waals surface area contributed by atoms with Crippen molar-refractivity contribution in [1.29, 1.82) is 5.26 Å². The summed E-state index contributed by atoms with van der Waals surface area (Å²) >= 11 is 6.76. The first-order chi connectivity index (χ1) is 15.6. The van der Waals surface area contributed by atoms with E-state index in [1.165, 1.54) is 30.3 Å². The quantitative estimate of drug-likeness (QED) is 0.293. The maximum Gasteiger partial charge on any atom is 0.416 e. The molecule has 6 nitrogen and oxygen atoms in total. The van der Waals surface area contributed by atoms with Crippen LogP contribution in [0, 0.1) is 11.3 Å². The lowest BCUT2D eigenvalue weighted by molar-refractivity contribution is -0.137. The number of imide groups is 1. The molecule has 0 bridgehead atoms. The molecule has 3 aromatic rings. The van der Waals surface area contributed by atoms with Crippen LogP contribution in [0.2, 0.25) is 5.02 Å². The fraction of sp³-hybridized carbons (Fsp3) is 0.182. The number of rotatable bonds is 3. The summed E-state index contributed by atoms with van der Waals surface area (Å²) in [5.41, 5.74) is -1.01. The van der Waals surface area contributed by atoms with Gasteiger partial charge < -0.3 is 5.11 Å². The number of amides is 2. The van der Waals surface area contributed by atoms with E-state index in [-0.39, 0.29) is 34.5 Å². The number of aromatic nitrogens is 1. The molecule has 1 atom stereocenters. The minimum atomic E-state index is -4.55. The Morgan fingerprint density at radius 3 is 2.58 bits per heavy atom. The predicted octanol–water partition coefficient (Wildman–Crippen LogP) is 5.59. The van der Waals surface area contributed by atoms with Crippen LogP contribution in [0.25, 0.3) is 15.8 Å². The molecule has 1 fully saturated rings. The topological polar surface area (TPSA) is 94.3 Å². The van der Waals surface area contributed by atoms with E-state index in [0.717, 1.165) is 28.4 Å².